The van der Waals surface area contributed by atoms with E-state index in [1.54, 1.807) is 6.92 Å². The van der Waals surface area contributed by atoms with Gasteiger partial charge in [-0.15, -0.1) is 21.5 Å². The van der Waals surface area contributed by atoms with Crippen molar-refractivity contribution < 1.29 is 14.3 Å². The minimum absolute atomic E-state index is 0.248. The second-order valence-electron chi connectivity index (χ2n) is 6.86. The number of urea groups is 1. The molecule has 0 aliphatic carbocycles. The SMILES string of the molecule is CCOC(=O)C1=C(CSc2nnc(-c3ccccc3)n2CC)NC(=O)NC1c1cccs1. The molecule has 0 bridgehead atoms. The molecule has 0 saturated carbocycles. The van der Waals surface area contributed by atoms with E-state index in [1.807, 2.05) is 59.3 Å². The number of esters is 1. The average Bonchev–Trinajstić information content (AvgIpc) is 3.48. The summed E-state index contributed by atoms with van der Waals surface area (Å²) in [4.78, 5) is 26.1. The van der Waals surface area contributed by atoms with Crippen molar-refractivity contribution in [3.05, 3.63) is 64.0 Å². The van der Waals surface area contributed by atoms with E-state index in [0.717, 1.165) is 16.3 Å². The molecular weight excluding hydrogens is 446 g/mol. The predicted octanol–water partition coefficient (Wildman–Crippen LogP) is 3.99. The summed E-state index contributed by atoms with van der Waals surface area (Å²) in [5.74, 6) is 0.674. The predicted molar refractivity (Wildman–Crippen MR) is 124 cm³/mol. The summed E-state index contributed by atoms with van der Waals surface area (Å²) in [5.41, 5.74) is 1.91. The van der Waals surface area contributed by atoms with Gasteiger partial charge >= 0.3 is 12.0 Å². The monoisotopic (exact) mass is 469 g/mol. The van der Waals surface area contributed by atoms with E-state index < -0.39 is 12.0 Å². The maximum absolute atomic E-state index is 12.8. The first-order valence-electron chi connectivity index (χ1n) is 10.2. The van der Waals surface area contributed by atoms with E-state index >= 15 is 0 Å². The van der Waals surface area contributed by atoms with E-state index in [9.17, 15) is 9.59 Å². The summed E-state index contributed by atoms with van der Waals surface area (Å²) >= 11 is 2.90. The molecule has 3 heterocycles. The number of rotatable bonds is 8. The van der Waals surface area contributed by atoms with Gasteiger partial charge in [-0.25, -0.2) is 9.59 Å². The van der Waals surface area contributed by atoms with Crippen LogP contribution in [0.5, 0.6) is 0 Å². The molecule has 1 aromatic carbocycles. The number of hydrogen-bond donors (Lipinski definition) is 2. The van der Waals surface area contributed by atoms with E-state index in [1.165, 1.54) is 23.1 Å². The fourth-order valence-electron chi connectivity index (χ4n) is 3.47. The van der Waals surface area contributed by atoms with Gasteiger partial charge in [0, 0.05) is 28.4 Å². The molecule has 10 heteroatoms. The molecule has 0 radical (unpaired) electrons. The lowest BCUT2D eigenvalue weighted by atomic mass is 10.0. The fraction of sp³-hybridized carbons (Fsp3) is 0.273. The average molecular weight is 470 g/mol. The van der Waals surface area contributed by atoms with Gasteiger partial charge in [-0.1, -0.05) is 48.2 Å². The molecule has 1 aliphatic heterocycles. The summed E-state index contributed by atoms with van der Waals surface area (Å²) in [6.45, 7) is 4.73. The number of carbonyl (C=O) groups is 2. The maximum Gasteiger partial charge on any atom is 0.338 e. The Morgan fingerprint density at radius 2 is 2.00 bits per heavy atom. The lowest BCUT2D eigenvalue weighted by Crippen LogP contribution is -2.46. The van der Waals surface area contributed by atoms with Gasteiger partial charge in [0.2, 0.25) is 0 Å². The molecule has 8 nitrogen and oxygen atoms in total. The Balaban J connectivity index is 1.65. The van der Waals surface area contributed by atoms with Gasteiger partial charge in [-0.3, -0.25) is 0 Å². The highest BCUT2D eigenvalue weighted by Gasteiger charge is 2.34. The second-order valence-corrected chi connectivity index (χ2v) is 8.79. The Morgan fingerprint density at radius 1 is 1.19 bits per heavy atom. The van der Waals surface area contributed by atoms with Crippen molar-refractivity contribution in [2.45, 2.75) is 31.6 Å². The topological polar surface area (TPSA) is 98.1 Å². The molecule has 3 aromatic rings. The second kappa shape index (κ2) is 10.0. The van der Waals surface area contributed by atoms with Gasteiger partial charge < -0.3 is 19.9 Å². The molecule has 4 rings (SSSR count). The molecule has 166 valence electrons. The van der Waals surface area contributed by atoms with Crippen molar-refractivity contribution in [2.24, 2.45) is 0 Å². The van der Waals surface area contributed by atoms with Crippen molar-refractivity contribution in [1.82, 2.24) is 25.4 Å². The van der Waals surface area contributed by atoms with Crippen LogP contribution >= 0.6 is 23.1 Å². The summed E-state index contributed by atoms with van der Waals surface area (Å²) in [5, 5.41) is 17.0. The highest BCUT2D eigenvalue weighted by Crippen LogP contribution is 2.33. The van der Waals surface area contributed by atoms with Gasteiger partial charge in [-0.05, 0) is 25.3 Å². The highest BCUT2D eigenvalue weighted by molar-refractivity contribution is 7.99. The number of thioether (sulfide) groups is 1. The van der Waals surface area contributed by atoms with Crippen LogP contribution in [0.15, 0.2) is 64.3 Å². The zero-order chi connectivity index (χ0) is 22.5. The van der Waals surface area contributed by atoms with E-state index in [-0.39, 0.29) is 12.6 Å². The highest BCUT2D eigenvalue weighted by atomic mass is 32.2. The van der Waals surface area contributed by atoms with Crippen molar-refractivity contribution in [2.75, 3.05) is 12.4 Å². The van der Waals surface area contributed by atoms with E-state index in [2.05, 4.69) is 20.8 Å². The molecule has 2 amide bonds. The third-order valence-electron chi connectivity index (χ3n) is 4.89. The molecule has 2 N–H and O–H groups in total. The summed E-state index contributed by atoms with van der Waals surface area (Å²) in [7, 11) is 0. The van der Waals surface area contributed by atoms with Gasteiger partial charge in [0.25, 0.3) is 0 Å². The normalized spacial score (nSPS) is 15.9. The van der Waals surface area contributed by atoms with E-state index in [0.29, 0.717) is 28.7 Å². The van der Waals surface area contributed by atoms with E-state index in [4.69, 9.17) is 4.74 Å². The summed E-state index contributed by atoms with van der Waals surface area (Å²) in [6.07, 6.45) is 0. The van der Waals surface area contributed by atoms with Crippen molar-refractivity contribution >= 4 is 35.1 Å². The smallest absolute Gasteiger partial charge is 0.338 e. The zero-order valence-electron chi connectivity index (χ0n) is 17.7. The zero-order valence-corrected chi connectivity index (χ0v) is 19.3. The fourth-order valence-corrected chi connectivity index (χ4v) is 5.22. The first kappa shape index (κ1) is 22.1. The maximum atomic E-state index is 12.8. The standard InChI is InChI=1S/C22H23N5O3S2/c1-3-27-19(14-9-6-5-7-10-14)25-26-22(27)32-13-15-17(20(28)30-4-2)18(24-21(29)23-15)16-11-8-12-31-16/h5-12,18H,3-4,13H2,1-2H3,(H2,23,24,29). The van der Waals surface area contributed by atoms with Crippen LogP contribution in [0.4, 0.5) is 4.79 Å². The van der Waals surface area contributed by atoms with Crippen LogP contribution < -0.4 is 10.6 Å². The molecule has 1 aliphatic rings. The van der Waals surface area contributed by atoms with Crippen LogP contribution in [0.1, 0.15) is 24.8 Å². The quantitative estimate of drug-likeness (QED) is 0.382. The van der Waals surface area contributed by atoms with Crippen LogP contribution in [0, 0.1) is 0 Å². The Kier molecular flexibility index (Phi) is 6.91. The largest absolute Gasteiger partial charge is 0.463 e. The van der Waals surface area contributed by atoms with Crippen molar-refractivity contribution in [3.63, 3.8) is 0 Å². The molecule has 0 spiro atoms. The Labute approximate surface area is 194 Å². The van der Waals surface area contributed by atoms with Crippen molar-refractivity contribution in [1.29, 1.82) is 0 Å². The number of carbonyl (C=O) groups excluding carboxylic acids is 2. The van der Waals surface area contributed by atoms with Crippen LogP contribution in [0.25, 0.3) is 11.4 Å². The van der Waals surface area contributed by atoms with Gasteiger partial charge in [0.05, 0.1) is 18.2 Å². The molecular formula is C22H23N5O3S2. The third kappa shape index (κ3) is 4.56. The number of hydrogen-bond acceptors (Lipinski definition) is 7. The lowest BCUT2D eigenvalue weighted by molar-refractivity contribution is -0.139. The number of nitrogens with one attached hydrogen (secondary N) is 2. The molecule has 1 atom stereocenters. The van der Waals surface area contributed by atoms with Crippen LogP contribution in [0.3, 0.4) is 0 Å². The number of amides is 2. The number of benzene rings is 1. The third-order valence-corrected chi connectivity index (χ3v) is 6.82. The number of aromatic nitrogens is 3. The van der Waals surface area contributed by atoms with Gasteiger partial charge in [0.15, 0.2) is 11.0 Å². The Hall–Kier alpha value is -3.11. The number of nitrogens with zero attached hydrogens (tertiary/aromatic N) is 3. The summed E-state index contributed by atoms with van der Waals surface area (Å²) in [6, 6.07) is 12.7. The lowest BCUT2D eigenvalue weighted by Gasteiger charge is -2.28. The molecule has 2 aromatic heterocycles. The molecule has 32 heavy (non-hydrogen) atoms. The first-order chi connectivity index (χ1) is 15.6. The van der Waals surface area contributed by atoms with Gasteiger partial charge in [-0.2, -0.15) is 0 Å². The summed E-state index contributed by atoms with van der Waals surface area (Å²) < 4.78 is 7.33. The van der Waals surface area contributed by atoms with Gasteiger partial charge in [0.1, 0.15) is 0 Å². The molecule has 1 unspecified atom stereocenters. The van der Waals surface area contributed by atoms with Crippen LogP contribution in [-0.2, 0) is 16.1 Å². The Morgan fingerprint density at radius 3 is 2.69 bits per heavy atom. The van der Waals surface area contributed by atoms with Crippen molar-refractivity contribution in [3.8, 4) is 11.4 Å². The Bertz CT molecular complexity index is 1130. The van der Waals surface area contributed by atoms with Crippen LogP contribution in [0.2, 0.25) is 0 Å². The molecule has 0 fully saturated rings. The number of ether oxygens (including phenoxy) is 1. The molecule has 0 saturated heterocycles. The number of thiophene rings is 1. The first-order valence-corrected chi connectivity index (χ1v) is 12.1. The minimum atomic E-state index is -0.553. The minimum Gasteiger partial charge on any atom is -0.463 e. The van der Waals surface area contributed by atoms with Crippen LogP contribution in [-0.4, -0.2) is 39.1 Å².